The molecule has 98 valence electrons. The number of benzene rings is 1. The van der Waals surface area contributed by atoms with E-state index in [0.29, 0.717) is 11.3 Å². The number of amides is 1. The van der Waals surface area contributed by atoms with Crippen LogP contribution in [0.5, 0.6) is 0 Å². The Kier molecular flexibility index (Phi) is 3.87. The molecule has 0 aliphatic heterocycles. The number of carbonyl (C=O) groups excluding carboxylic acids is 1. The van der Waals surface area contributed by atoms with E-state index in [2.05, 4.69) is 5.32 Å². The molecule has 4 heteroatoms. The van der Waals surface area contributed by atoms with E-state index >= 15 is 0 Å². The van der Waals surface area contributed by atoms with Crippen LogP contribution in [0, 0.1) is 6.92 Å². The highest BCUT2D eigenvalue weighted by Crippen LogP contribution is 2.19. The van der Waals surface area contributed by atoms with Gasteiger partial charge < -0.3 is 16.2 Å². The van der Waals surface area contributed by atoms with Crippen molar-refractivity contribution in [3.8, 4) is 0 Å². The quantitative estimate of drug-likeness (QED) is 0.696. The Morgan fingerprint density at radius 3 is 2.78 bits per heavy atom. The maximum absolute atomic E-state index is 12.1. The van der Waals surface area contributed by atoms with Crippen molar-refractivity contribution in [3.63, 3.8) is 0 Å². The van der Waals surface area contributed by atoms with E-state index in [0.717, 1.165) is 31.2 Å². The summed E-state index contributed by atoms with van der Waals surface area (Å²) in [6, 6.07) is 5.11. The van der Waals surface area contributed by atoms with Crippen LogP contribution in [0.25, 0.3) is 0 Å². The van der Waals surface area contributed by atoms with E-state index in [-0.39, 0.29) is 11.9 Å². The molecule has 1 aromatic rings. The number of nitrogen functional groups attached to an aromatic ring is 1. The Balaban J connectivity index is 2.04. The first-order chi connectivity index (χ1) is 8.58. The van der Waals surface area contributed by atoms with Gasteiger partial charge in [-0.1, -0.05) is 12.8 Å². The second kappa shape index (κ2) is 5.40. The van der Waals surface area contributed by atoms with Gasteiger partial charge in [0, 0.05) is 11.3 Å². The Morgan fingerprint density at radius 2 is 2.11 bits per heavy atom. The number of hydrogen-bond donors (Lipinski definition) is 3. The van der Waals surface area contributed by atoms with Gasteiger partial charge >= 0.3 is 0 Å². The third-order valence-electron chi connectivity index (χ3n) is 3.58. The fourth-order valence-corrected chi connectivity index (χ4v) is 2.35. The maximum atomic E-state index is 12.1. The highest BCUT2D eigenvalue weighted by molar-refractivity contribution is 5.95. The molecular weight excluding hydrogens is 228 g/mol. The molecule has 2 atom stereocenters. The van der Waals surface area contributed by atoms with E-state index in [1.54, 1.807) is 18.2 Å². The van der Waals surface area contributed by atoms with Gasteiger partial charge in [0.15, 0.2) is 0 Å². The molecule has 0 saturated heterocycles. The molecular formula is C14H20N2O2. The average Bonchev–Trinajstić information content (AvgIpc) is 2.35. The van der Waals surface area contributed by atoms with Gasteiger partial charge in [-0.25, -0.2) is 0 Å². The van der Waals surface area contributed by atoms with Gasteiger partial charge in [0.2, 0.25) is 0 Å². The first-order valence-corrected chi connectivity index (χ1v) is 6.43. The van der Waals surface area contributed by atoms with Crippen LogP contribution in [0.4, 0.5) is 5.69 Å². The second-order valence-electron chi connectivity index (χ2n) is 5.00. The summed E-state index contributed by atoms with van der Waals surface area (Å²) in [5.74, 6) is -0.135. The molecule has 1 fully saturated rings. The second-order valence-corrected chi connectivity index (χ2v) is 5.00. The van der Waals surface area contributed by atoms with Crippen LogP contribution < -0.4 is 11.1 Å². The van der Waals surface area contributed by atoms with Crippen LogP contribution in [-0.4, -0.2) is 23.2 Å². The lowest BCUT2D eigenvalue weighted by Gasteiger charge is -2.28. The number of aliphatic hydroxyl groups is 1. The molecule has 4 N–H and O–H groups in total. The smallest absolute Gasteiger partial charge is 0.251 e. The van der Waals surface area contributed by atoms with Gasteiger partial charge in [-0.3, -0.25) is 4.79 Å². The van der Waals surface area contributed by atoms with Crippen LogP contribution in [0.3, 0.4) is 0 Å². The number of aryl methyl sites for hydroxylation is 1. The minimum Gasteiger partial charge on any atom is -0.399 e. The zero-order valence-corrected chi connectivity index (χ0v) is 10.6. The molecule has 1 aromatic carbocycles. The molecule has 18 heavy (non-hydrogen) atoms. The summed E-state index contributed by atoms with van der Waals surface area (Å²) in [7, 11) is 0. The number of anilines is 1. The van der Waals surface area contributed by atoms with E-state index < -0.39 is 6.10 Å². The summed E-state index contributed by atoms with van der Waals surface area (Å²) >= 11 is 0. The third-order valence-corrected chi connectivity index (χ3v) is 3.58. The molecule has 1 saturated carbocycles. The number of nitrogens with one attached hydrogen (secondary N) is 1. The van der Waals surface area contributed by atoms with Gasteiger partial charge in [0.05, 0.1) is 12.1 Å². The van der Waals surface area contributed by atoms with Crippen LogP contribution >= 0.6 is 0 Å². The summed E-state index contributed by atoms with van der Waals surface area (Å²) in [5.41, 5.74) is 7.90. The number of aliphatic hydroxyl groups excluding tert-OH is 1. The topological polar surface area (TPSA) is 75.3 Å². The Hall–Kier alpha value is -1.55. The Bertz CT molecular complexity index is 445. The largest absolute Gasteiger partial charge is 0.399 e. The maximum Gasteiger partial charge on any atom is 0.251 e. The predicted molar refractivity (Wildman–Crippen MR) is 71.3 cm³/mol. The van der Waals surface area contributed by atoms with Crippen molar-refractivity contribution in [3.05, 3.63) is 29.3 Å². The standard InChI is InChI=1S/C14H20N2O2/c1-9-8-10(6-7-11(9)15)14(18)16-12-4-2-3-5-13(12)17/h6-8,12-13,17H,2-5,15H2,1H3,(H,16,18)/t12-,13-/m1/s1. The Labute approximate surface area is 107 Å². The van der Waals surface area contributed by atoms with Crippen molar-refractivity contribution in [2.75, 3.05) is 5.73 Å². The first-order valence-electron chi connectivity index (χ1n) is 6.43. The van der Waals surface area contributed by atoms with E-state index in [1.807, 2.05) is 6.92 Å². The fourth-order valence-electron chi connectivity index (χ4n) is 2.35. The first kappa shape index (κ1) is 12.9. The van der Waals surface area contributed by atoms with Gasteiger partial charge in [-0.15, -0.1) is 0 Å². The van der Waals surface area contributed by atoms with Crippen molar-refractivity contribution in [2.45, 2.75) is 44.8 Å². The molecule has 0 aromatic heterocycles. The van der Waals surface area contributed by atoms with Gasteiger partial charge in [0.25, 0.3) is 5.91 Å². The molecule has 1 aliphatic carbocycles. The molecule has 1 aliphatic rings. The van der Waals surface area contributed by atoms with Gasteiger partial charge in [0.1, 0.15) is 0 Å². The van der Waals surface area contributed by atoms with Crippen LogP contribution in [-0.2, 0) is 0 Å². The summed E-state index contributed by atoms with van der Waals surface area (Å²) < 4.78 is 0. The van der Waals surface area contributed by atoms with E-state index in [4.69, 9.17) is 5.73 Å². The number of hydrogen-bond acceptors (Lipinski definition) is 3. The number of carbonyl (C=O) groups is 1. The summed E-state index contributed by atoms with van der Waals surface area (Å²) in [6.45, 7) is 1.88. The third kappa shape index (κ3) is 2.82. The van der Waals surface area contributed by atoms with E-state index in [9.17, 15) is 9.90 Å². The molecule has 0 radical (unpaired) electrons. The lowest BCUT2D eigenvalue weighted by Crippen LogP contribution is -2.45. The average molecular weight is 248 g/mol. The summed E-state index contributed by atoms with van der Waals surface area (Å²) in [4.78, 5) is 12.1. The van der Waals surface area contributed by atoms with Gasteiger partial charge in [-0.05, 0) is 43.5 Å². The molecule has 0 bridgehead atoms. The minimum absolute atomic E-state index is 0.121. The van der Waals surface area contributed by atoms with Crippen LogP contribution in [0.2, 0.25) is 0 Å². The highest BCUT2D eigenvalue weighted by atomic mass is 16.3. The van der Waals surface area contributed by atoms with Gasteiger partial charge in [-0.2, -0.15) is 0 Å². The zero-order valence-electron chi connectivity index (χ0n) is 10.6. The molecule has 1 amide bonds. The Morgan fingerprint density at radius 1 is 1.39 bits per heavy atom. The van der Waals surface area contributed by atoms with Crippen molar-refractivity contribution < 1.29 is 9.90 Å². The SMILES string of the molecule is Cc1cc(C(=O)N[C@@H]2CCCC[C@H]2O)ccc1N. The van der Waals surface area contributed by atoms with Crippen LogP contribution in [0.1, 0.15) is 41.6 Å². The fraction of sp³-hybridized carbons (Fsp3) is 0.500. The van der Waals surface area contributed by atoms with Crippen molar-refractivity contribution in [1.29, 1.82) is 0 Å². The zero-order chi connectivity index (χ0) is 13.1. The monoisotopic (exact) mass is 248 g/mol. The van der Waals surface area contributed by atoms with Crippen molar-refractivity contribution in [1.82, 2.24) is 5.32 Å². The summed E-state index contributed by atoms with van der Waals surface area (Å²) in [6.07, 6.45) is 3.29. The molecule has 4 nitrogen and oxygen atoms in total. The normalized spacial score (nSPS) is 23.7. The molecule has 0 unspecified atom stereocenters. The predicted octanol–water partition coefficient (Wildman–Crippen LogP) is 1.61. The number of nitrogens with two attached hydrogens (primary N) is 1. The lowest BCUT2D eigenvalue weighted by atomic mass is 9.92. The molecule has 0 heterocycles. The minimum atomic E-state index is -0.419. The van der Waals surface area contributed by atoms with E-state index in [1.165, 1.54) is 0 Å². The van der Waals surface area contributed by atoms with Crippen molar-refractivity contribution >= 4 is 11.6 Å². The van der Waals surface area contributed by atoms with Crippen LogP contribution in [0.15, 0.2) is 18.2 Å². The van der Waals surface area contributed by atoms with Crippen molar-refractivity contribution in [2.24, 2.45) is 0 Å². The summed E-state index contributed by atoms with van der Waals surface area (Å²) in [5, 5.41) is 12.7. The highest BCUT2D eigenvalue weighted by Gasteiger charge is 2.24. The molecule has 2 rings (SSSR count). The molecule has 0 spiro atoms. The lowest BCUT2D eigenvalue weighted by molar-refractivity contribution is 0.0717. The number of rotatable bonds is 2.